The maximum atomic E-state index is 11.5. The molecule has 2 heteroatoms. The van der Waals surface area contributed by atoms with Gasteiger partial charge in [-0.2, -0.15) is 0 Å². The molecule has 0 aromatic heterocycles. The van der Waals surface area contributed by atoms with Crippen molar-refractivity contribution < 1.29 is 9.53 Å². The molecule has 0 amide bonds. The first-order valence-electron chi connectivity index (χ1n) is 6.79. The van der Waals surface area contributed by atoms with Gasteiger partial charge in [-0.3, -0.25) is 0 Å². The third kappa shape index (κ3) is 3.52. The Labute approximate surface area is 125 Å². The van der Waals surface area contributed by atoms with E-state index < -0.39 is 5.97 Å². The molecule has 0 spiro atoms. The van der Waals surface area contributed by atoms with Gasteiger partial charge in [0.25, 0.3) is 0 Å². The Bertz CT molecular complexity index is 683. The van der Waals surface area contributed by atoms with Gasteiger partial charge >= 0.3 is 5.97 Å². The van der Waals surface area contributed by atoms with Gasteiger partial charge in [-0.1, -0.05) is 63.6 Å². The first-order valence-corrected chi connectivity index (χ1v) is 6.79. The summed E-state index contributed by atoms with van der Waals surface area (Å²) >= 11 is 0. The van der Waals surface area contributed by atoms with Crippen LogP contribution in [0.1, 0.15) is 36.7 Å². The SMILES string of the molecule is C#COC(=O)c1ccc(-c2cccc(C(C)(C)C)c2)cc1. The van der Waals surface area contributed by atoms with Gasteiger partial charge in [-0.05, 0) is 34.2 Å². The summed E-state index contributed by atoms with van der Waals surface area (Å²) in [7, 11) is 0. The lowest BCUT2D eigenvalue weighted by atomic mass is 9.85. The van der Waals surface area contributed by atoms with Crippen LogP contribution < -0.4 is 0 Å². The minimum atomic E-state index is -0.507. The van der Waals surface area contributed by atoms with Gasteiger partial charge in [-0.25, -0.2) is 4.79 Å². The summed E-state index contributed by atoms with van der Waals surface area (Å²) in [5.41, 5.74) is 4.00. The normalized spacial score (nSPS) is 10.8. The van der Waals surface area contributed by atoms with E-state index in [2.05, 4.69) is 49.8 Å². The smallest absolute Gasteiger partial charge is 0.352 e. The topological polar surface area (TPSA) is 26.3 Å². The van der Waals surface area contributed by atoms with E-state index in [0.717, 1.165) is 11.1 Å². The predicted molar refractivity (Wildman–Crippen MR) is 84.8 cm³/mol. The van der Waals surface area contributed by atoms with Gasteiger partial charge in [0, 0.05) is 0 Å². The van der Waals surface area contributed by atoms with Crippen molar-refractivity contribution in [2.45, 2.75) is 26.2 Å². The fourth-order valence-electron chi connectivity index (χ4n) is 2.08. The molecular formula is C19H18O2. The fourth-order valence-corrected chi connectivity index (χ4v) is 2.08. The molecule has 2 aromatic rings. The zero-order valence-corrected chi connectivity index (χ0v) is 12.5. The summed E-state index contributed by atoms with van der Waals surface area (Å²) < 4.78 is 4.53. The van der Waals surface area contributed by atoms with E-state index in [9.17, 15) is 4.79 Å². The summed E-state index contributed by atoms with van der Waals surface area (Å²) in [5, 5.41) is 0. The van der Waals surface area contributed by atoms with Crippen molar-refractivity contribution in [1.82, 2.24) is 0 Å². The van der Waals surface area contributed by atoms with E-state index in [1.165, 1.54) is 5.56 Å². The number of carbonyl (C=O) groups excluding carboxylic acids is 1. The first kappa shape index (κ1) is 14.9. The molecule has 0 unspecified atom stereocenters. The summed E-state index contributed by atoms with van der Waals surface area (Å²) in [4.78, 5) is 11.5. The van der Waals surface area contributed by atoms with Crippen LogP contribution >= 0.6 is 0 Å². The third-order valence-electron chi connectivity index (χ3n) is 3.33. The minimum absolute atomic E-state index is 0.104. The van der Waals surface area contributed by atoms with Crippen LogP contribution in [0.3, 0.4) is 0 Å². The van der Waals surface area contributed by atoms with Crippen molar-refractivity contribution in [3.05, 3.63) is 59.7 Å². The number of terminal acetylenes is 1. The van der Waals surface area contributed by atoms with Crippen LogP contribution in [0, 0.1) is 12.5 Å². The Morgan fingerprint density at radius 1 is 1.05 bits per heavy atom. The van der Waals surface area contributed by atoms with E-state index in [1.807, 2.05) is 18.2 Å². The average molecular weight is 278 g/mol. The summed E-state index contributed by atoms with van der Waals surface area (Å²) in [6.45, 7) is 6.56. The number of ether oxygens (including phenoxy) is 1. The van der Waals surface area contributed by atoms with Gasteiger partial charge in [0.05, 0.1) is 5.56 Å². The standard InChI is InChI=1S/C19H18O2/c1-5-21-18(20)15-11-9-14(10-12-15)16-7-6-8-17(13-16)19(2,3)4/h1,6-13H,2-4H3. The molecule has 0 saturated carbocycles. The number of esters is 1. The van der Waals surface area contributed by atoms with E-state index in [-0.39, 0.29) is 5.41 Å². The van der Waals surface area contributed by atoms with Crippen molar-refractivity contribution >= 4 is 5.97 Å². The molecule has 2 aromatic carbocycles. The molecule has 2 rings (SSSR count). The quantitative estimate of drug-likeness (QED) is 0.601. The number of hydrogen-bond acceptors (Lipinski definition) is 2. The number of hydrogen-bond donors (Lipinski definition) is 0. The number of benzene rings is 2. The summed E-state index contributed by atoms with van der Waals surface area (Å²) in [6, 6.07) is 15.7. The van der Waals surface area contributed by atoms with Crippen LogP contribution in [0.5, 0.6) is 0 Å². The second kappa shape index (κ2) is 5.85. The molecule has 106 valence electrons. The van der Waals surface area contributed by atoms with Crippen LogP contribution in [0.25, 0.3) is 11.1 Å². The fraction of sp³-hybridized carbons (Fsp3) is 0.211. The molecule has 0 radical (unpaired) electrons. The molecule has 0 saturated heterocycles. The van der Waals surface area contributed by atoms with E-state index >= 15 is 0 Å². The lowest BCUT2D eigenvalue weighted by Crippen LogP contribution is -2.10. The van der Waals surface area contributed by atoms with Gasteiger partial charge in [0.1, 0.15) is 6.11 Å². The van der Waals surface area contributed by atoms with Gasteiger partial charge < -0.3 is 4.74 Å². The van der Waals surface area contributed by atoms with Crippen molar-refractivity contribution in [3.63, 3.8) is 0 Å². The summed E-state index contributed by atoms with van der Waals surface area (Å²) in [6.07, 6.45) is 6.84. The van der Waals surface area contributed by atoms with Crippen molar-refractivity contribution in [2.75, 3.05) is 0 Å². The molecule has 0 heterocycles. The van der Waals surface area contributed by atoms with Crippen molar-refractivity contribution in [3.8, 4) is 23.7 Å². The van der Waals surface area contributed by atoms with E-state index in [0.29, 0.717) is 5.56 Å². The Morgan fingerprint density at radius 2 is 1.71 bits per heavy atom. The molecule has 0 bridgehead atoms. The van der Waals surface area contributed by atoms with Crippen LogP contribution in [0.4, 0.5) is 0 Å². The molecule has 2 nitrogen and oxygen atoms in total. The highest BCUT2D eigenvalue weighted by Crippen LogP contribution is 2.27. The van der Waals surface area contributed by atoms with Crippen LogP contribution in [0.2, 0.25) is 0 Å². The molecule has 0 atom stereocenters. The number of rotatable bonds is 2. The Kier molecular flexibility index (Phi) is 4.14. The maximum absolute atomic E-state index is 11.5. The Balaban J connectivity index is 2.31. The van der Waals surface area contributed by atoms with Crippen molar-refractivity contribution in [1.29, 1.82) is 0 Å². The zero-order valence-electron chi connectivity index (χ0n) is 12.5. The third-order valence-corrected chi connectivity index (χ3v) is 3.33. The molecule has 21 heavy (non-hydrogen) atoms. The molecule has 0 aliphatic rings. The highest BCUT2D eigenvalue weighted by atomic mass is 16.5. The highest BCUT2D eigenvalue weighted by molar-refractivity contribution is 5.90. The van der Waals surface area contributed by atoms with Crippen LogP contribution in [0.15, 0.2) is 48.5 Å². The van der Waals surface area contributed by atoms with Gasteiger partial charge in [0.15, 0.2) is 0 Å². The second-order valence-electron chi connectivity index (χ2n) is 5.92. The molecule has 0 fully saturated rings. The van der Waals surface area contributed by atoms with E-state index in [4.69, 9.17) is 6.42 Å². The van der Waals surface area contributed by atoms with Crippen LogP contribution in [-0.2, 0) is 10.2 Å². The minimum Gasteiger partial charge on any atom is -0.369 e. The molecule has 0 N–H and O–H groups in total. The predicted octanol–water partition coefficient (Wildman–Crippen LogP) is 4.40. The molecular weight excluding hydrogens is 260 g/mol. The molecule has 0 aliphatic carbocycles. The van der Waals surface area contributed by atoms with Gasteiger partial charge in [0.2, 0.25) is 0 Å². The Morgan fingerprint density at radius 3 is 2.29 bits per heavy atom. The summed E-state index contributed by atoms with van der Waals surface area (Å²) in [5.74, 6) is -0.507. The lowest BCUT2D eigenvalue weighted by molar-refractivity contribution is 0.0691. The van der Waals surface area contributed by atoms with E-state index in [1.54, 1.807) is 12.1 Å². The highest BCUT2D eigenvalue weighted by Gasteiger charge is 2.14. The second-order valence-corrected chi connectivity index (χ2v) is 5.92. The maximum Gasteiger partial charge on any atom is 0.352 e. The first-order chi connectivity index (χ1) is 9.91. The molecule has 0 aliphatic heterocycles. The Hall–Kier alpha value is -2.53. The largest absolute Gasteiger partial charge is 0.369 e. The van der Waals surface area contributed by atoms with Crippen molar-refractivity contribution in [2.24, 2.45) is 0 Å². The van der Waals surface area contributed by atoms with Crippen LogP contribution in [-0.4, -0.2) is 5.97 Å². The zero-order chi connectivity index (χ0) is 15.5. The van der Waals surface area contributed by atoms with Gasteiger partial charge in [-0.15, -0.1) is 0 Å². The monoisotopic (exact) mass is 278 g/mol. The average Bonchev–Trinajstić information content (AvgIpc) is 2.47. The number of carbonyl (C=O) groups is 1. The lowest BCUT2D eigenvalue weighted by Gasteiger charge is -2.19.